The molecule has 2 N–H and O–H groups in total. The van der Waals surface area contributed by atoms with Crippen LogP contribution in [0.5, 0.6) is 0 Å². The second kappa shape index (κ2) is 10.5. The Bertz CT molecular complexity index is 900. The number of carbonyl (C=O) groups is 2. The smallest absolute Gasteiger partial charge is 0.309 e. The van der Waals surface area contributed by atoms with Crippen LogP contribution in [0.15, 0.2) is 34.8 Å². The number of ether oxygens (including phenoxy) is 1. The Hall–Kier alpha value is -2.09. The molecule has 0 amide bonds. The summed E-state index contributed by atoms with van der Waals surface area (Å²) in [5.41, 5.74) is 1.92. The lowest BCUT2D eigenvalue weighted by Gasteiger charge is -2.32. The minimum atomic E-state index is -1.23. The van der Waals surface area contributed by atoms with Crippen LogP contribution < -0.4 is 0 Å². The van der Waals surface area contributed by atoms with Gasteiger partial charge in [-0.1, -0.05) is 25.2 Å². The van der Waals surface area contributed by atoms with Gasteiger partial charge in [0.2, 0.25) is 0 Å². The quantitative estimate of drug-likeness (QED) is 0.531. The molecule has 0 aromatic carbocycles. The highest BCUT2D eigenvalue weighted by atomic mass is 32.1. The van der Waals surface area contributed by atoms with Crippen LogP contribution in [-0.4, -0.2) is 45.3 Å². The number of aryl methyl sites for hydroxylation is 1. The zero-order valence-corrected chi connectivity index (χ0v) is 19.1. The molecule has 31 heavy (non-hydrogen) atoms. The third-order valence-corrected chi connectivity index (χ3v) is 6.77. The van der Waals surface area contributed by atoms with Crippen molar-refractivity contribution in [1.82, 2.24) is 4.98 Å². The van der Waals surface area contributed by atoms with Gasteiger partial charge in [0.25, 0.3) is 0 Å². The molecule has 2 bridgehead atoms. The number of cyclic esters (lactones) is 1. The maximum absolute atomic E-state index is 12.6. The second-order valence-electron chi connectivity index (χ2n) is 8.45. The number of ketones is 1. The summed E-state index contributed by atoms with van der Waals surface area (Å²) in [6, 6.07) is 0. The summed E-state index contributed by atoms with van der Waals surface area (Å²) in [4.78, 5) is 29.7. The Balaban J connectivity index is 1.81. The Morgan fingerprint density at radius 1 is 1.29 bits per heavy atom. The molecule has 2 heterocycles. The molecule has 5 atom stereocenters. The Labute approximate surface area is 187 Å². The number of esters is 1. The van der Waals surface area contributed by atoms with Gasteiger partial charge in [0.1, 0.15) is 6.10 Å². The monoisotopic (exact) mass is 445 g/mol. The Morgan fingerprint density at radius 3 is 2.77 bits per heavy atom. The molecule has 1 aromatic heterocycles. The number of Topliss-reactive ketones (excluding diaryl/α,β-unsaturated/α-hetero) is 1. The van der Waals surface area contributed by atoms with Crippen molar-refractivity contribution < 1.29 is 24.5 Å². The maximum atomic E-state index is 12.6. The average molecular weight is 446 g/mol. The van der Waals surface area contributed by atoms with Gasteiger partial charge in [-0.2, -0.15) is 0 Å². The predicted octanol–water partition coefficient (Wildman–Crippen LogP) is 3.77. The van der Waals surface area contributed by atoms with Crippen LogP contribution in [0.4, 0.5) is 0 Å². The first-order chi connectivity index (χ1) is 14.8. The number of thiazole rings is 1. The van der Waals surface area contributed by atoms with E-state index in [-0.39, 0.29) is 23.7 Å². The van der Waals surface area contributed by atoms with Crippen LogP contribution in [-0.2, 0) is 14.3 Å². The van der Waals surface area contributed by atoms with E-state index < -0.39 is 30.2 Å². The molecule has 1 unspecified atom stereocenters. The predicted molar refractivity (Wildman–Crippen MR) is 120 cm³/mol. The van der Waals surface area contributed by atoms with Crippen LogP contribution in [0.3, 0.4) is 0 Å². The van der Waals surface area contributed by atoms with Crippen molar-refractivity contribution >= 4 is 29.2 Å². The number of hydrogen-bond acceptors (Lipinski definition) is 7. The summed E-state index contributed by atoms with van der Waals surface area (Å²) in [6.45, 7) is 5.51. The van der Waals surface area contributed by atoms with E-state index in [1.54, 1.807) is 24.3 Å². The number of allylic oxidation sites excluding steroid dienone is 1. The van der Waals surface area contributed by atoms with Gasteiger partial charge in [0.05, 0.1) is 29.3 Å². The van der Waals surface area contributed by atoms with Crippen molar-refractivity contribution in [3.8, 4) is 0 Å². The lowest BCUT2D eigenvalue weighted by atomic mass is 9.76. The molecule has 168 valence electrons. The van der Waals surface area contributed by atoms with E-state index in [4.69, 9.17) is 4.74 Å². The van der Waals surface area contributed by atoms with E-state index in [0.717, 1.165) is 35.5 Å². The first kappa shape index (κ1) is 23.6. The maximum Gasteiger partial charge on any atom is 0.309 e. The number of carbonyl (C=O) groups excluding carboxylic acids is 2. The summed E-state index contributed by atoms with van der Waals surface area (Å²) in [7, 11) is 0. The zero-order valence-electron chi connectivity index (χ0n) is 18.3. The Morgan fingerprint density at radius 2 is 2.06 bits per heavy atom. The number of aliphatic hydroxyl groups is 2. The van der Waals surface area contributed by atoms with Crippen LogP contribution in [0.25, 0.3) is 6.08 Å². The number of rotatable bonds is 2. The van der Waals surface area contributed by atoms with E-state index in [0.29, 0.717) is 6.42 Å². The van der Waals surface area contributed by atoms with E-state index in [1.807, 2.05) is 31.4 Å². The first-order valence-electron chi connectivity index (χ1n) is 10.8. The van der Waals surface area contributed by atoms with E-state index in [2.05, 4.69) is 11.1 Å². The van der Waals surface area contributed by atoms with Crippen molar-refractivity contribution in [2.75, 3.05) is 0 Å². The molecule has 0 radical (unpaired) electrons. The third-order valence-electron chi connectivity index (χ3n) is 5.98. The van der Waals surface area contributed by atoms with E-state index >= 15 is 0 Å². The van der Waals surface area contributed by atoms with Gasteiger partial charge in [-0.25, -0.2) is 4.98 Å². The fraction of sp³-hybridized carbons (Fsp3) is 0.542. The summed E-state index contributed by atoms with van der Waals surface area (Å²) in [6.07, 6.45) is 7.81. The molecule has 7 heteroatoms. The molecule has 0 saturated carbocycles. The van der Waals surface area contributed by atoms with Crippen LogP contribution in [0.2, 0.25) is 0 Å². The molecule has 1 aliphatic heterocycles. The normalized spacial score (nSPS) is 32.1. The van der Waals surface area contributed by atoms with Gasteiger partial charge < -0.3 is 14.9 Å². The third kappa shape index (κ3) is 5.99. The van der Waals surface area contributed by atoms with Gasteiger partial charge in [-0.05, 0) is 44.8 Å². The summed E-state index contributed by atoms with van der Waals surface area (Å²) >= 11 is 1.56. The van der Waals surface area contributed by atoms with E-state index in [1.165, 1.54) is 0 Å². The van der Waals surface area contributed by atoms with Crippen molar-refractivity contribution in [3.05, 3.63) is 45.5 Å². The largest absolute Gasteiger partial charge is 0.457 e. The standard InChI is InChI=1S/C24H31NO5S/c1-14(10-18-13-31-16(3)25-18)21-9-7-5-4-6-8-17-11-19(20(26)12-22(27)30-21)24(29)15(2)23(17)28/h5,7,10-11,13,15,17,20-21,23,26,28H,4,6,8-9,12H2,1-3H3/b7-5-,14-10+/t15-,17?,20+,21+,23-/m1/s1. The van der Waals surface area contributed by atoms with Gasteiger partial charge in [0, 0.05) is 29.2 Å². The lowest BCUT2D eigenvalue weighted by Crippen LogP contribution is -2.40. The van der Waals surface area contributed by atoms with Crippen molar-refractivity contribution in [2.24, 2.45) is 11.8 Å². The highest BCUT2D eigenvalue weighted by molar-refractivity contribution is 7.09. The fourth-order valence-corrected chi connectivity index (χ4v) is 4.68. The summed E-state index contributed by atoms with van der Waals surface area (Å²) in [5.74, 6) is -1.67. The first-order valence-corrected chi connectivity index (χ1v) is 11.7. The second-order valence-corrected chi connectivity index (χ2v) is 9.51. The molecule has 1 aliphatic carbocycles. The summed E-state index contributed by atoms with van der Waals surface area (Å²) < 4.78 is 5.70. The van der Waals surface area contributed by atoms with Crippen molar-refractivity contribution in [1.29, 1.82) is 0 Å². The van der Waals surface area contributed by atoms with E-state index in [9.17, 15) is 19.8 Å². The van der Waals surface area contributed by atoms with Crippen molar-refractivity contribution in [2.45, 2.75) is 71.2 Å². The number of fused-ring (bicyclic) bond motifs is 1. The van der Waals surface area contributed by atoms with Crippen LogP contribution in [0, 0.1) is 18.8 Å². The van der Waals surface area contributed by atoms with Crippen LogP contribution >= 0.6 is 11.3 Å². The molecule has 0 fully saturated rings. The fourth-order valence-electron chi connectivity index (χ4n) is 4.11. The topological polar surface area (TPSA) is 96.7 Å². The number of aliphatic hydroxyl groups excluding tert-OH is 2. The molecular formula is C24H31NO5S. The molecule has 3 rings (SSSR count). The molecule has 2 aliphatic rings. The molecule has 6 nitrogen and oxygen atoms in total. The Kier molecular flexibility index (Phi) is 7.97. The SMILES string of the molecule is C/C(=C\c1csc(C)n1)[C@@H]1C/C=C\CCCC2C=C(C(=O)[C@H](C)[C@H]2O)[C@@H](O)CC(=O)O1. The van der Waals surface area contributed by atoms with Gasteiger partial charge in [-0.15, -0.1) is 11.3 Å². The van der Waals surface area contributed by atoms with Crippen molar-refractivity contribution in [3.63, 3.8) is 0 Å². The van der Waals surface area contributed by atoms with Gasteiger partial charge >= 0.3 is 5.97 Å². The minimum absolute atomic E-state index is 0.204. The lowest BCUT2D eigenvalue weighted by molar-refractivity contribution is -0.149. The molecule has 1 aromatic rings. The molecular weight excluding hydrogens is 414 g/mol. The van der Waals surface area contributed by atoms with Gasteiger partial charge in [-0.3, -0.25) is 9.59 Å². The zero-order chi connectivity index (χ0) is 22.5. The summed E-state index contributed by atoms with van der Waals surface area (Å²) in [5, 5.41) is 24.0. The van der Waals surface area contributed by atoms with Crippen LogP contribution in [0.1, 0.15) is 56.7 Å². The highest BCUT2D eigenvalue weighted by Gasteiger charge is 2.38. The number of nitrogens with zero attached hydrogens (tertiary/aromatic N) is 1. The minimum Gasteiger partial charge on any atom is -0.457 e. The molecule has 0 spiro atoms. The van der Waals surface area contributed by atoms with Gasteiger partial charge in [0.15, 0.2) is 5.78 Å². The average Bonchev–Trinajstić information content (AvgIpc) is 3.13. The highest BCUT2D eigenvalue weighted by Crippen LogP contribution is 2.32. The number of aromatic nitrogens is 1. The number of hydrogen-bond donors (Lipinski definition) is 2. The molecule has 0 saturated heterocycles.